The topological polar surface area (TPSA) is 44.9 Å². The summed E-state index contributed by atoms with van der Waals surface area (Å²) in [4.78, 5) is 2.16. The van der Waals surface area contributed by atoms with E-state index in [1.165, 1.54) is 5.69 Å². The Balaban J connectivity index is 2.84. The van der Waals surface area contributed by atoms with Crippen molar-refractivity contribution in [3.8, 4) is 6.07 Å². The molecule has 0 atom stereocenters. The summed E-state index contributed by atoms with van der Waals surface area (Å²) >= 11 is 0. The first-order chi connectivity index (χ1) is 8.12. The van der Waals surface area contributed by atoms with Crippen molar-refractivity contribution in [1.29, 1.82) is 5.26 Å². The van der Waals surface area contributed by atoms with E-state index >= 15 is 0 Å². The van der Waals surface area contributed by atoms with E-state index in [4.69, 9.17) is 5.26 Å². The highest BCUT2D eigenvalue weighted by Gasteiger charge is 2.13. The van der Waals surface area contributed by atoms with Crippen LogP contribution in [0.5, 0.6) is 0 Å². The van der Waals surface area contributed by atoms with Gasteiger partial charge in [0.05, 0.1) is 24.0 Å². The quantitative estimate of drug-likeness (QED) is 0.709. The monoisotopic (exact) mass is 234 g/mol. The molecular weight excluding hydrogens is 212 g/mol. The van der Waals surface area contributed by atoms with Crippen LogP contribution in [0.1, 0.15) is 39.1 Å². The van der Waals surface area contributed by atoms with Crippen molar-refractivity contribution in [3.05, 3.63) is 17.5 Å². The number of hydrogen-bond donors (Lipinski definition) is 0. The van der Waals surface area contributed by atoms with Gasteiger partial charge in [0.15, 0.2) is 0 Å². The highest BCUT2D eigenvalue weighted by Crippen LogP contribution is 2.11. The molecule has 0 saturated carbocycles. The van der Waals surface area contributed by atoms with Gasteiger partial charge in [-0.15, -0.1) is 0 Å². The van der Waals surface area contributed by atoms with E-state index in [1.807, 2.05) is 4.68 Å². The molecule has 1 aromatic heterocycles. The van der Waals surface area contributed by atoms with E-state index in [0.717, 1.165) is 25.2 Å². The first kappa shape index (κ1) is 13.7. The Bertz CT molecular complexity index is 387. The molecule has 0 radical (unpaired) electrons. The third-order valence-electron chi connectivity index (χ3n) is 2.94. The molecule has 1 heterocycles. The minimum absolute atomic E-state index is 0.375. The highest BCUT2D eigenvalue weighted by atomic mass is 15.3. The van der Waals surface area contributed by atoms with E-state index in [2.05, 4.69) is 49.8 Å². The van der Waals surface area contributed by atoms with Gasteiger partial charge >= 0.3 is 0 Å². The van der Waals surface area contributed by atoms with Gasteiger partial charge in [-0.2, -0.15) is 10.4 Å². The second-order valence-electron chi connectivity index (χ2n) is 4.45. The lowest BCUT2D eigenvalue weighted by Crippen LogP contribution is -2.31. The molecule has 4 heteroatoms. The van der Waals surface area contributed by atoms with Crippen LogP contribution in [0.15, 0.2) is 6.07 Å². The fourth-order valence-corrected chi connectivity index (χ4v) is 1.81. The number of rotatable bonds is 6. The van der Waals surface area contributed by atoms with Crippen molar-refractivity contribution in [3.63, 3.8) is 0 Å². The van der Waals surface area contributed by atoms with Crippen molar-refractivity contribution in [2.45, 2.75) is 53.2 Å². The Labute approximate surface area is 104 Å². The molecule has 0 saturated heterocycles. The van der Waals surface area contributed by atoms with Crippen LogP contribution in [-0.2, 0) is 19.5 Å². The van der Waals surface area contributed by atoms with Crippen molar-refractivity contribution < 1.29 is 0 Å². The molecule has 4 nitrogen and oxygen atoms in total. The standard InChI is InChI=1S/C13H22N4/c1-5-12-9-13(17(6-2)15-12)10-16(8-7-14)11(3)4/h9,11H,5-6,8,10H2,1-4H3. The summed E-state index contributed by atoms with van der Waals surface area (Å²) < 4.78 is 2.03. The van der Waals surface area contributed by atoms with Crippen LogP contribution < -0.4 is 0 Å². The van der Waals surface area contributed by atoms with E-state index in [9.17, 15) is 0 Å². The maximum absolute atomic E-state index is 8.83. The molecule has 1 rings (SSSR count). The van der Waals surface area contributed by atoms with Crippen LogP contribution in [-0.4, -0.2) is 27.3 Å². The van der Waals surface area contributed by atoms with Crippen molar-refractivity contribution in [2.24, 2.45) is 0 Å². The molecule has 0 aliphatic carbocycles. The predicted octanol–water partition coefficient (Wildman–Crippen LogP) is 2.20. The van der Waals surface area contributed by atoms with E-state index in [0.29, 0.717) is 12.6 Å². The van der Waals surface area contributed by atoms with Gasteiger partial charge in [-0.25, -0.2) is 0 Å². The zero-order chi connectivity index (χ0) is 12.8. The lowest BCUT2D eigenvalue weighted by atomic mass is 10.2. The van der Waals surface area contributed by atoms with Crippen LogP contribution in [0.4, 0.5) is 0 Å². The molecule has 1 aromatic rings. The molecular formula is C13H22N4. The SMILES string of the molecule is CCc1cc(CN(CC#N)C(C)C)n(CC)n1. The predicted molar refractivity (Wildman–Crippen MR) is 68.4 cm³/mol. The summed E-state index contributed by atoms with van der Waals surface area (Å²) in [6.45, 7) is 10.6. The van der Waals surface area contributed by atoms with Crippen molar-refractivity contribution in [2.75, 3.05) is 6.54 Å². The Hall–Kier alpha value is -1.34. The van der Waals surface area contributed by atoms with Crippen LogP contribution in [0.3, 0.4) is 0 Å². The Kier molecular flexibility index (Phi) is 5.17. The number of aryl methyl sites for hydroxylation is 2. The maximum atomic E-state index is 8.83. The summed E-state index contributed by atoms with van der Waals surface area (Å²) in [5, 5.41) is 13.4. The minimum Gasteiger partial charge on any atom is -0.282 e. The fraction of sp³-hybridized carbons (Fsp3) is 0.692. The fourth-order valence-electron chi connectivity index (χ4n) is 1.81. The summed E-state index contributed by atoms with van der Waals surface area (Å²) in [6, 6.07) is 4.75. The molecule has 17 heavy (non-hydrogen) atoms. The Morgan fingerprint density at radius 3 is 2.65 bits per heavy atom. The Morgan fingerprint density at radius 2 is 2.18 bits per heavy atom. The van der Waals surface area contributed by atoms with E-state index in [1.54, 1.807) is 0 Å². The van der Waals surface area contributed by atoms with Crippen LogP contribution >= 0.6 is 0 Å². The van der Waals surface area contributed by atoms with Crippen molar-refractivity contribution in [1.82, 2.24) is 14.7 Å². The molecule has 0 N–H and O–H groups in total. The molecule has 0 fully saturated rings. The number of hydrogen-bond acceptors (Lipinski definition) is 3. The number of nitriles is 1. The van der Waals surface area contributed by atoms with E-state index < -0.39 is 0 Å². The normalized spacial score (nSPS) is 11.1. The van der Waals surface area contributed by atoms with Crippen LogP contribution in [0.25, 0.3) is 0 Å². The number of aromatic nitrogens is 2. The number of nitrogens with zero attached hydrogens (tertiary/aromatic N) is 4. The second kappa shape index (κ2) is 6.41. The van der Waals surface area contributed by atoms with Gasteiger partial charge in [0.25, 0.3) is 0 Å². The van der Waals surface area contributed by atoms with Crippen LogP contribution in [0, 0.1) is 11.3 Å². The lowest BCUT2D eigenvalue weighted by molar-refractivity contribution is 0.233. The first-order valence-corrected chi connectivity index (χ1v) is 6.28. The van der Waals surface area contributed by atoms with Gasteiger partial charge in [-0.3, -0.25) is 9.58 Å². The average molecular weight is 234 g/mol. The Morgan fingerprint density at radius 1 is 1.47 bits per heavy atom. The van der Waals surface area contributed by atoms with Crippen molar-refractivity contribution >= 4 is 0 Å². The van der Waals surface area contributed by atoms with Gasteiger partial charge in [0, 0.05) is 19.1 Å². The van der Waals surface area contributed by atoms with Gasteiger partial charge in [0.2, 0.25) is 0 Å². The zero-order valence-corrected chi connectivity index (χ0v) is 11.3. The van der Waals surface area contributed by atoms with Gasteiger partial charge < -0.3 is 0 Å². The van der Waals surface area contributed by atoms with Crippen LogP contribution in [0.2, 0.25) is 0 Å². The average Bonchev–Trinajstić information content (AvgIpc) is 2.70. The lowest BCUT2D eigenvalue weighted by Gasteiger charge is -2.23. The zero-order valence-electron chi connectivity index (χ0n) is 11.3. The molecule has 94 valence electrons. The maximum Gasteiger partial charge on any atom is 0.0871 e. The second-order valence-corrected chi connectivity index (χ2v) is 4.45. The molecule has 0 aliphatic rings. The molecule has 0 aliphatic heterocycles. The molecule has 0 spiro atoms. The molecule has 0 aromatic carbocycles. The summed E-state index contributed by atoms with van der Waals surface area (Å²) in [7, 11) is 0. The van der Waals surface area contributed by atoms with Gasteiger partial charge in [-0.1, -0.05) is 6.92 Å². The third kappa shape index (κ3) is 3.57. The largest absolute Gasteiger partial charge is 0.282 e. The molecule has 0 unspecified atom stereocenters. The minimum atomic E-state index is 0.375. The summed E-state index contributed by atoms with van der Waals surface area (Å²) in [6.07, 6.45) is 0.958. The third-order valence-corrected chi connectivity index (χ3v) is 2.94. The smallest absolute Gasteiger partial charge is 0.0871 e. The van der Waals surface area contributed by atoms with Gasteiger partial charge in [-0.05, 0) is 33.3 Å². The summed E-state index contributed by atoms with van der Waals surface area (Å²) in [5.41, 5.74) is 2.33. The van der Waals surface area contributed by atoms with E-state index in [-0.39, 0.29) is 0 Å². The summed E-state index contributed by atoms with van der Waals surface area (Å²) in [5.74, 6) is 0. The first-order valence-electron chi connectivity index (χ1n) is 6.28. The molecule has 0 amide bonds. The van der Waals surface area contributed by atoms with Gasteiger partial charge in [0.1, 0.15) is 0 Å². The molecule has 0 bridgehead atoms. The highest BCUT2D eigenvalue weighted by molar-refractivity contribution is 5.10.